The molecule has 0 fully saturated rings. The molecular formula is C45H40N4+2. The molecule has 0 saturated heterocycles. The lowest BCUT2D eigenvalue weighted by Crippen LogP contribution is -2.49. The Balaban J connectivity index is 1.32. The molecule has 49 heavy (non-hydrogen) atoms. The highest BCUT2D eigenvalue weighted by atomic mass is 15.0. The quantitative estimate of drug-likeness (QED) is 0.152. The lowest BCUT2D eigenvalue weighted by molar-refractivity contribution is -0.718. The number of hydrogen-bond donors (Lipinski definition) is 0. The van der Waals surface area contributed by atoms with E-state index in [1.807, 2.05) is 0 Å². The molecule has 4 heteroatoms. The van der Waals surface area contributed by atoms with E-state index < -0.39 is 0 Å². The number of rotatable bonds is 0. The molecule has 0 bridgehead atoms. The molecule has 3 aromatic carbocycles. The van der Waals surface area contributed by atoms with Crippen molar-refractivity contribution in [3.8, 4) is 22.5 Å². The molecule has 0 amide bonds. The zero-order valence-electron chi connectivity index (χ0n) is 28.8. The summed E-state index contributed by atoms with van der Waals surface area (Å²) in [5, 5.41) is 5.12. The Bertz CT molecular complexity index is 2690. The molecule has 8 aromatic rings. The summed E-state index contributed by atoms with van der Waals surface area (Å²) >= 11 is 0. The van der Waals surface area contributed by atoms with Gasteiger partial charge in [-0.05, 0) is 85.4 Å². The maximum atomic E-state index is 5.80. The third-order valence-corrected chi connectivity index (χ3v) is 11.3. The van der Waals surface area contributed by atoms with Crippen molar-refractivity contribution < 1.29 is 9.13 Å². The monoisotopic (exact) mass is 636 g/mol. The number of allylic oxidation sites excluding steroid dienone is 1. The molecule has 238 valence electrons. The van der Waals surface area contributed by atoms with Crippen molar-refractivity contribution >= 4 is 44.4 Å². The van der Waals surface area contributed by atoms with Gasteiger partial charge >= 0.3 is 0 Å². The van der Waals surface area contributed by atoms with Crippen LogP contribution in [0.1, 0.15) is 67.1 Å². The molecule has 0 N–H and O–H groups in total. The maximum absolute atomic E-state index is 5.80. The second-order valence-electron chi connectivity index (χ2n) is 15.5. The summed E-state index contributed by atoms with van der Waals surface area (Å²) in [5.74, 6) is 0.312. The highest BCUT2D eigenvalue weighted by molar-refractivity contribution is 6.23. The van der Waals surface area contributed by atoms with E-state index in [4.69, 9.17) is 4.98 Å². The smallest absolute Gasteiger partial charge is 0.219 e. The Morgan fingerprint density at radius 1 is 0.735 bits per heavy atom. The molecule has 2 atom stereocenters. The molecule has 0 spiro atoms. The van der Waals surface area contributed by atoms with Gasteiger partial charge in [0.05, 0.1) is 34.6 Å². The van der Waals surface area contributed by atoms with E-state index in [2.05, 4.69) is 164 Å². The number of benzene rings is 3. The van der Waals surface area contributed by atoms with Crippen LogP contribution in [-0.2, 0) is 11.8 Å². The van der Waals surface area contributed by atoms with Crippen molar-refractivity contribution in [2.45, 2.75) is 64.8 Å². The average molecular weight is 637 g/mol. The van der Waals surface area contributed by atoms with E-state index in [9.17, 15) is 0 Å². The summed E-state index contributed by atoms with van der Waals surface area (Å²) in [7, 11) is 0. The second kappa shape index (κ2) is 10.1. The zero-order valence-corrected chi connectivity index (χ0v) is 28.8. The minimum absolute atomic E-state index is 0.0175. The lowest BCUT2D eigenvalue weighted by Gasteiger charge is -2.30. The van der Waals surface area contributed by atoms with Crippen LogP contribution in [0.5, 0.6) is 0 Å². The normalized spacial score (nSPS) is 17.9. The van der Waals surface area contributed by atoms with Gasteiger partial charge in [0.1, 0.15) is 5.65 Å². The summed E-state index contributed by atoms with van der Waals surface area (Å²) in [6.45, 7) is 11.3. The highest BCUT2D eigenvalue weighted by Crippen LogP contribution is 2.45. The maximum Gasteiger partial charge on any atom is 0.219 e. The second-order valence-corrected chi connectivity index (χ2v) is 15.5. The fraction of sp³-hybridized carbons (Fsp3) is 0.222. The van der Waals surface area contributed by atoms with Crippen LogP contribution in [0.15, 0.2) is 109 Å². The number of nitrogens with zero attached hydrogens (tertiary/aromatic N) is 4. The Hall–Kier alpha value is -5.35. The summed E-state index contributed by atoms with van der Waals surface area (Å²) in [4.78, 5) is 5.80. The highest BCUT2D eigenvalue weighted by Gasteiger charge is 2.41. The molecule has 0 radical (unpaired) electrons. The van der Waals surface area contributed by atoms with Crippen molar-refractivity contribution in [2.24, 2.45) is 0 Å². The van der Waals surface area contributed by atoms with Crippen molar-refractivity contribution in [2.75, 3.05) is 0 Å². The van der Waals surface area contributed by atoms with Crippen molar-refractivity contribution in [3.05, 3.63) is 137 Å². The van der Waals surface area contributed by atoms with E-state index in [1.165, 1.54) is 77.3 Å². The number of fused-ring (bicyclic) bond motifs is 15. The number of para-hydroxylation sites is 1. The third-order valence-electron chi connectivity index (χ3n) is 11.3. The minimum atomic E-state index is 0.0175. The van der Waals surface area contributed by atoms with Crippen LogP contribution in [0.25, 0.3) is 66.9 Å². The van der Waals surface area contributed by atoms with Crippen LogP contribution >= 0.6 is 0 Å². The molecule has 2 aliphatic rings. The molecule has 10 rings (SSSR count). The minimum Gasteiger partial charge on any atom is -0.293 e. The van der Waals surface area contributed by atoms with Crippen molar-refractivity contribution in [3.63, 3.8) is 0 Å². The number of pyridine rings is 3. The van der Waals surface area contributed by atoms with E-state index >= 15 is 0 Å². The predicted molar refractivity (Wildman–Crippen MR) is 200 cm³/mol. The Morgan fingerprint density at radius 3 is 2.31 bits per heavy atom. The number of aromatic nitrogens is 4. The molecule has 0 saturated carbocycles. The Labute approximate surface area is 287 Å². The van der Waals surface area contributed by atoms with Gasteiger partial charge in [-0.25, -0.2) is 4.98 Å². The fourth-order valence-corrected chi connectivity index (χ4v) is 8.85. The van der Waals surface area contributed by atoms with Crippen molar-refractivity contribution in [1.82, 2.24) is 9.38 Å². The largest absolute Gasteiger partial charge is 0.293 e. The van der Waals surface area contributed by atoms with Gasteiger partial charge in [-0.2, -0.15) is 9.13 Å². The van der Waals surface area contributed by atoms with Gasteiger partial charge in [0.2, 0.25) is 11.4 Å². The van der Waals surface area contributed by atoms with Crippen LogP contribution in [0.3, 0.4) is 0 Å². The number of hydrogen-bond acceptors (Lipinski definition) is 1. The first-order chi connectivity index (χ1) is 23.7. The molecule has 7 heterocycles. The Morgan fingerprint density at radius 2 is 1.47 bits per heavy atom. The molecule has 0 aliphatic carbocycles. The molecule has 4 nitrogen and oxygen atoms in total. The van der Waals surface area contributed by atoms with Crippen LogP contribution in [0.4, 0.5) is 0 Å². The topological polar surface area (TPSA) is 25.1 Å². The molecule has 2 unspecified atom stereocenters. The fourth-order valence-electron chi connectivity index (χ4n) is 8.85. The van der Waals surface area contributed by atoms with Crippen LogP contribution in [0, 0.1) is 13.8 Å². The average Bonchev–Trinajstić information content (AvgIpc) is 3.60. The first-order valence-corrected chi connectivity index (χ1v) is 17.7. The van der Waals surface area contributed by atoms with Crippen molar-refractivity contribution in [1.29, 1.82) is 0 Å². The predicted octanol–water partition coefficient (Wildman–Crippen LogP) is 9.81. The van der Waals surface area contributed by atoms with Gasteiger partial charge in [-0.1, -0.05) is 57.2 Å². The first kappa shape index (κ1) is 28.6. The van der Waals surface area contributed by atoms with Gasteiger partial charge in [0, 0.05) is 50.4 Å². The lowest BCUT2D eigenvalue weighted by atomic mass is 9.78. The third kappa shape index (κ3) is 4.13. The van der Waals surface area contributed by atoms with Gasteiger partial charge in [0.25, 0.3) is 0 Å². The van der Waals surface area contributed by atoms with Crippen LogP contribution in [-0.4, -0.2) is 9.38 Å². The molecular weight excluding hydrogens is 597 g/mol. The SMILES string of the molecule is Cc1ccc2[n+](c1)/C=C/CC1c3ccccc3-c3ccc(C)c[n+]3C1Cc1nc3c(cc1-2)c1cc(C(C)(C)C)cc2c4ccccc4n3c21. The van der Waals surface area contributed by atoms with Crippen LogP contribution in [0.2, 0.25) is 0 Å². The van der Waals surface area contributed by atoms with E-state index in [-0.39, 0.29) is 11.5 Å². The summed E-state index contributed by atoms with van der Waals surface area (Å²) in [6.07, 6.45) is 11.1. The van der Waals surface area contributed by atoms with E-state index in [1.54, 1.807) is 0 Å². The van der Waals surface area contributed by atoms with E-state index in [0.717, 1.165) is 24.2 Å². The molecule has 2 aliphatic heterocycles. The van der Waals surface area contributed by atoms with E-state index in [0.29, 0.717) is 5.92 Å². The first-order valence-electron chi connectivity index (χ1n) is 17.7. The Kier molecular flexibility index (Phi) is 5.90. The van der Waals surface area contributed by atoms with Gasteiger partial charge in [0.15, 0.2) is 24.6 Å². The van der Waals surface area contributed by atoms with Gasteiger partial charge < -0.3 is 0 Å². The summed E-state index contributed by atoms with van der Waals surface area (Å²) in [6, 6.07) is 34.5. The zero-order chi connectivity index (χ0) is 33.2. The molecule has 5 aromatic heterocycles. The standard InChI is InChI=1S/C45H40N4/c1-27-16-18-39-37-23-36-35-22-29(45(3,4)5)21-34-33-13-8-9-15-41(33)49(43(34)35)44(36)46-38(37)24-42-32(14-10-20-47(39)25-27)30-11-6-7-12-31(30)40-19-17-28(2)26-48(40)42/h6-13,15-23,25-26,32,42H,14,24H2,1-5H3/q+2/b20-10+. The van der Waals surface area contributed by atoms with Gasteiger partial charge in [-0.15, -0.1) is 0 Å². The number of aryl methyl sites for hydroxylation is 2. The summed E-state index contributed by atoms with van der Waals surface area (Å²) < 4.78 is 7.34. The van der Waals surface area contributed by atoms with Crippen LogP contribution < -0.4 is 9.13 Å². The van der Waals surface area contributed by atoms with Gasteiger partial charge in [-0.3, -0.25) is 4.40 Å². The summed E-state index contributed by atoms with van der Waals surface area (Å²) in [5.41, 5.74) is 15.0.